The van der Waals surface area contributed by atoms with Crippen LogP contribution < -0.4 is 4.72 Å². The monoisotopic (exact) mass is 471 g/mol. The summed E-state index contributed by atoms with van der Waals surface area (Å²) in [5.41, 5.74) is 0.496. The van der Waals surface area contributed by atoms with Gasteiger partial charge in [0.05, 0.1) is 10.6 Å². The van der Waals surface area contributed by atoms with Crippen LogP contribution in [0, 0.1) is 3.57 Å². The quantitative estimate of drug-likeness (QED) is 0.669. The highest BCUT2D eigenvalue weighted by atomic mass is 127. The third-order valence-electron chi connectivity index (χ3n) is 2.30. The fourth-order valence-corrected chi connectivity index (χ4v) is 4.12. The number of halogens is 3. The van der Waals surface area contributed by atoms with Crippen molar-refractivity contribution in [1.82, 2.24) is 0 Å². The van der Waals surface area contributed by atoms with E-state index < -0.39 is 10.0 Å². The molecule has 1 N–H and O–H groups in total. The standard InChI is InChI=1S/C12H8BrClINO2S/c13-11-7-9(15)3-6-12(11)16-19(17,18)10-4-1-8(14)2-5-10/h1-7,16H. The summed E-state index contributed by atoms with van der Waals surface area (Å²) >= 11 is 11.2. The molecule has 2 aromatic carbocycles. The predicted octanol–water partition coefficient (Wildman–Crippen LogP) is 4.51. The topological polar surface area (TPSA) is 46.2 Å². The molecule has 100 valence electrons. The normalized spacial score (nSPS) is 11.3. The number of hydrogen-bond donors (Lipinski definition) is 1. The largest absolute Gasteiger partial charge is 0.278 e. The Bertz CT molecular complexity index is 704. The van der Waals surface area contributed by atoms with Gasteiger partial charge in [0.2, 0.25) is 0 Å². The second kappa shape index (κ2) is 5.99. The van der Waals surface area contributed by atoms with Gasteiger partial charge in [0.15, 0.2) is 0 Å². The number of rotatable bonds is 3. The molecule has 0 aromatic heterocycles. The molecule has 0 aliphatic heterocycles. The van der Waals surface area contributed by atoms with Crippen molar-refractivity contribution >= 4 is 65.8 Å². The molecule has 0 saturated carbocycles. The lowest BCUT2D eigenvalue weighted by atomic mass is 10.3. The zero-order valence-corrected chi connectivity index (χ0v) is 14.7. The third-order valence-corrected chi connectivity index (χ3v) is 5.26. The lowest BCUT2D eigenvalue weighted by molar-refractivity contribution is 0.601. The Morgan fingerprint density at radius 3 is 2.32 bits per heavy atom. The van der Waals surface area contributed by atoms with Crippen molar-refractivity contribution in [2.45, 2.75) is 4.90 Å². The van der Waals surface area contributed by atoms with Crippen LogP contribution in [0.2, 0.25) is 5.02 Å². The Morgan fingerprint density at radius 2 is 1.74 bits per heavy atom. The fraction of sp³-hybridized carbons (Fsp3) is 0. The van der Waals surface area contributed by atoms with E-state index in [1.165, 1.54) is 12.1 Å². The van der Waals surface area contributed by atoms with E-state index in [4.69, 9.17) is 11.6 Å². The molecule has 3 nitrogen and oxygen atoms in total. The van der Waals surface area contributed by atoms with E-state index in [1.807, 2.05) is 12.1 Å². The van der Waals surface area contributed by atoms with Crippen LogP contribution in [0.3, 0.4) is 0 Å². The van der Waals surface area contributed by atoms with E-state index in [-0.39, 0.29) is 4.90 Å². The molecular weight excluding hydrogens is 464 g/mol. The summed E-state index contributed by atoms with van der Waals surface area (Å²) in [6.07, 6.45) is 0. The zero-order chi connectivity index (χ0) is 14.0. The molecule has 0 heterocycles. The SMILES string of the molecule is O=S(=O)(Nc1ccc(I)cc1Br)c1ccc(Cl)cc1. The number of benzene rings is 2. The molecule has 0 unspecified atom stereocenters. The molecule has 0 amide bonds. The van der Waals surface area contributed by atoms with Crippen molar-refractivity contribution in [2.24, 2.45) is 0 Å². The molecule has 2 aromatic rings. The van der Waals surface area contributed by atoms with Crippen molar-refractivity contribution in [2.75, 3.05) is 4.72 Å². The molecule has 0 bridgehead atoms. The van der Waals surface area contributed by atoms with Gasteiger partial charge < -0.3 is 0 Å². The van der Waals surface area contributed by atoms with Crippen LogP contribution in [0.15, 0.2) is 51.8 Å². The minimum Gasteiger partial charge on any atom is -0.278 e. The van der Waals surface area contributed by atoms with Crippen LogP contribution in [0.4, 0.5) is 5.69 Å². The van der Waals surface area contributed by atoms with Gasteiger partial charge in [0.25, 0.3) is 10.0 Å². The minimum atomic E-state index is -3.61. The summed E-state index contributed by atoms with van der Waals surface area (Å²) in [7, 11) is -3.61. The van der Waals surface area contributed by atoms with Gasteiger partial charge in [0, 0.05) is 13.1 Å². The molecule has 0 spiro atoms. The van der Waals surface area contributed by atoms with E-state index in [9.17, 15) is 8.42 Å². The number of hydrogen-bond acceptors (Lipinski definition) is 2. The van der Waals surface area contributed by atoms with Crippen molar-refractivity contribution in [3.63, 3.8) is 0 Å². The van der Waals surface area contributed by atoms with Gasteiger partial charge >= 0.3 is 0 Å². The summed E-state index contributed by atoms with van der Waals surface area (Å²) in [5, 5.41) is 0.495. The Morgan fingerprint density at radius 1 is 1.11 bits per heavy atom. The van der Waals surface area contributed by atoms with Gasteiger partial charge in [-0.25, -0.2) is 8.42 Å². The summed E-state index contributed by atoms with van der Waals surface area (Å²) in [5.74, 6) is 0. The van der Waals surface area contributed by atoms with Crippen molar-refractivity contribution in [3.05, 3.63) is 55.5 Å². The first kappa shape index (κ1) is 15.1. The third kappa shape index (κ3) is 3.84. The maximum absolute atomic E-state index is 12.2. The van der Waals surface area contributed by atoms with Crippen LogP contribution in [0.1, 0.15) is 0 Å². The number of nitrogens with one attached hydrogen (secondary N) is 1. The maximum atomic E-state index is 12.2. The van der Waals surface area contributed by atoms with Crippen LogP contribution in [0.25, 0.3) is 0 Å². The van der Waals surface area contributed by atoms with Gasteiger partial charge in [-0.05, 0) is 81.0 Å². The molecule has 0 atom stereocenters. The van der Waals surface area contributed by atoms with E-state index in [1.54, 1.807) is 18.2 Å². The average molecular weight is 473 g/mol. The second-order valence-electron chi connectivity index (χ2n) is 3.68. The molecule has 7 heteroatoms. The van der Waals surface area contributed by atoms with Gasteiger partial charge in [-0.3, -0.25) is 4.72 Å². The second-order valence-corrected chi connectivity index (χ2v) is 7.90. The first-order valence-electron chi connectivity index (χ1n) is 5.12. The van der Waals surface area contributed by atoms with Gasteiger partial charge in [0.1, 0.15) is 0 Å². The molecule has 0 fully saturated rings. The summed E-state index contributed by atoms with van der Waals surface area (Å²) in [4.78, 5) is 0.169. The Balaban J connectivity index is 2.33. The van der Waals surface area contributed by atoms with E-state index in [0.717, 1.165) is 3.57 Å². The van der Waals surface area contributed by atoms with Gasteiger partial charge in [-0.1, -0.05) is 11.6 Å². The van der Waals surface area contributed by atoms with E-state index in [0.29, 0.717) is 15.2 Å². The van der Waals surface area contributed by atoms with Gasteiger partial charge in [-0.2, -0.15) is 0 Å². The average Bonchev–Trinajstić information content (AvgIpc) is 2.33. The Hall–Kier alpha value is -0.310. The van der Waals surface area contributed by atoms with Crippen molar-refractivity contribution < 1.29 is 8.42 Å². The highest BCUT2D eigenvalue weighted by molar-refractivity contribution is 14.1. The van der Waals surface area contributed by atoms with Crippen LogP contribution in [0.5, 0.6) is 0 Å². The van der Waals surface area contributed by atoms with Crippen molar-refractivity contribution in [1.29, 1.82) is 0 Å². The van der Waals surface area contributed by atoms with E-state index >= 15 is 0 Å². The highest BCUT2D eigenvalue weighted by Crippen LogP contribution is 2.27. The van der Waals surface area contributed by atoms with Crippen molar-refractivity contribution in [3.8, 4) is 0 Å². The Kier molecular flexibility index (Phi) is 4.75. The summed E-state index contributed by atoms with van der Waals surface area (Å²) in [6, 6.07) is 11.4. The maximum Gasteiger partial charge on any atom is 0.261 e. The van der Waals surface area contributed by atoms with Crippen LogP contribution in [-0.2, 0) is 10.0 Å². The first-order valence-corrected chi connectivity index (χ1v) is 8.85. The zero-order valence-electron chi connectivity index (χ0n) is 9.40. The molecule has 0 aliphatic carbocycles. The smallest absolute Gasteiger partial charge is 0.261 e. The molecule has 0 radical (unpaired) electrons. The molecule has 0 aliphatic rings. The summed E-state index contributed by atoms with van der Waals surface area (Å²) in [6.45, 7) is 0. The molecule has 0 saturated heterocycles. The Labute approximate surface area is 138 Å². The lowest BCUT2D eigenvalue weighted by Gasteiger charge is -2.10. The predicted molar refractivity (Wildman–Crippen MR) is 89.1 cm³/mol. The first-order chi connectivity index (χ1) is 8.88. The fourth-order valence-electron chi connectivity index (χ4n) is 1.39. The molecule has 19 heavy (non-hydrogen) atoms. The molecular formula is C12H8BrClINO2S. The summed E-state index contributed by atoms with van der Waals surface area (Å²) < 4.78 is 28.6. The van der Waals surface area contributed by atoms with Gasteiger partial charge in [-0.15, -0.1) is 0 Å². The highest BCUT2D eigenvalue weighted by Gasteiger charge is 2.15. The van der Waals surface area contributed by atoms with Crippen LogP contribution in [-0.4, -0.2) is 8.42 Å². The minimum absolute atomic E-state index is 0.169. The number of sulfonamides is 1. The molecule has 2 rings (SSSR count). The van der Waals surface area contributed by atoms with E-state index in [2.05, 4.69) is 43.2 Å². The van der Waals surface area contributed by atoms with Crippen LogP contribution >= 0.6 is 50.1 Å². The number of anilines is 1. The lowest BCUT2D eigenvalue weighted by Crippen LogP contribution is -2.13.